The molecule has 0 radical (unpaired) electrons. The highest BCUT2D eigenvalue weighted by molar-refractivity contribution is 6.31. The first kappa shape index (κ1) is 14.8. The number of carbonyl (C=O) groups is 1. The van der Waals surface area contributed by atoms with Gasteiger partial charge in [-0.25, -0.2) is 4.98 Å². The molecule has 2 aromatic rings. The Labute approximate surface area is 121 Å². The molecule has 108 valence electrons. The third-order valence-electron chi connectivity index (χ3n) is 3.14. The van der Waals surface area contributed by atoms with E-state index in [2.05, 4.69) is 11.9 Å². The van der Waals surface area contributed by atoms with E-state index in [0.717, 1.165) is 18.4 Å². The highest BCUT2D eigenvalue weighted by Crippen LogP contribution is 2.25. The van der Waals surface area contributed by atoms with Crippen LogP contribution in [0.15, 0.2) is 18.2 Å². The molecule has 1 heterocycles. The van der Waals surface area contributed by atoms with Crippen LogP contribution in [0.5, 0.6) is 0 Å². The van der Waals surface area contributed by atoms with Crippen molar-refractivity contribution in [2.75, 3.05) is 0 Å². The van der Waals surface area contributed by atoms with E-state index in [1.54, 1.807) is 12.1 Å². The van der Waals surface area contributed by atoms with Crippen LogP contribution in [0.3, 0.4) is 0 Å². The summed E-state index contributed by atoms with van der Waals surface area (Å²) in [4.78, 5) is 15.1. The van der Waals surface area contributed by atoms with Gasteiger partial charge in [-0.3, -0.25) is 4.79 Å². The first-order valence-electron chi connectivity index (χ1n) is 6.58. The Kier molecular flexibility index (Phi) is 4.62. The van der Waals surface area contributed by atoms with Gasteiger partial charge in [0.1, 0.15) is 11.9 Å². The fourth-order valence-electron chi connectivity index (χ4n) is 2.18. The summed E-state index contributed by atoms with van der Waals surface area (Å²) in [5, 5.41) is 19.4. The fraction of sp³-hybridized carbons (Fsp3) is 0.429. The van der Waals surface area contributed by atoms with E-state index in [0.29, 0.717) is 22.9 Å². The Morgan fingerprint density at radius 2 is 2.25 bits per heavy atom. The molecule has 0 aliphatic carbocycles. The van der Waals surface area contributed by atoms with Crippen LogP contribution >= 0.6 is 11.6 Å². The van der Waals surface area contributed by atoms with Gasteiger partial charge in [0.15, 0.2) is 0 Å². The average molecular weight is 297 g/mol. The van der Waals surface area contributed by atoms with Crippen molar-refractivity contribution in [1.82, 2.24) is 9.55 Å². The predicted octanol–water partition coefficient (Wildman–Crippen LogP) is 3.00. The predicted molar refractivity (Wildman–Crippen MR) is 76.9 cm³/mol. The molecule has 0 aliphatic rings. The van der Waals surface area contributed by atoms with E-state index in [-0.39, 0.29) is 6.42 Å². The van der Waals surface area contributed by atoms with E-state index >= 15 is 0 Å². The highest BCUT2D eigenvalue weighted by atomic mass is 35.5. The molecule has 0 saturated heterocycles. The summed E-state index contributed by atoms with van der Waals surface area (Å²) < 4.78 is 1.88. The molecule has 20 heavy (non-hydrogen) atoms. The van der Waals surface area contributed by atoms with Crippen LogP contribution < -0.4 is 0 Å². The lowest BCUT2D eigenvalue weighted by Crippen LogP contribution is -2.12. The van der Waals surface area contributed by atoms with E-state index in [9.17, 15) is 9.90 Å². The largest absolute Gasteiger partial charge is 0.481 e. The number of aliphatic hydroxyl groups is 1. The van der Waals surface area contributed by atoms with Gasteiger partial charge in [0.2, 0.25) is 0 Å². The number of hydrogen-bond acceptors (Lipinski definition) is 3. The molecular formula is C14H17ClN2O3. The van der Waals surface area contributed by atoms with Gasteiger partial charge >= 0.3 is 5.97 Å². The van der Waals surface area contributed by atoms with Gasteiger partial charge in [-0.2, -0.15) is 0 Å². The van der Waals surface area contributed by atoms with Crippen molar-refractivity contribution in [3.8, 4) is 0 Å². The van der Waals surface area contributed by atoms with Gasteiger partial charge in [0, 0.05) is 11.6 Å². The van der Waals surface area contributed by atoms with E-state index in [1.165, 1.54) is 0 Å². The van der Waals surface area contributed by atoms with E-state index < -0.39 is 12.1 Å². The molecule has 0 spiro atoms. The average Bonchev–Trinajstić information content (AvgIpc) is 2.73. The van der Waals surface area contributed by atoms with Gasteiger partial charge in [-0.05, 0) is 24.6 Å². The summed E-state index contributed by atoms with van der Waals surface area (Å²) in [6.07, 6.45) is 0.460. The van der Waals surface area contributed by atoms with Crippen LogP contribution in [0.2, 0.25) is 5.02 Å². The number of nitrogens with zero attached hydrogens (tertiary/aromatic N) is 2. The number of halogens is 1. The molecule has 0 unspecified atom stereocenters. The summed E-state index contributed by atoms with van der Waals surface area (Å²) in [5.41, 5.74) is 1.54. The zero-order valence-electron chi connectivity index (χ0n) is 11.2. The molecule has 1 aromatic carbocycles. The second kappa shape index (κ2) is 6.24. The summed E-state index contributed by atoms with van der Waals surface area (Å²) in [7, 11) is 0. The number of imidazole rings is 1. The monoisotopic (exact) mass is 296 g/mol. The molecule has 0 aliphatic heterocycles. The Bertz CT molecular complexity index is 624. The molecule has 5 nitrogen and oxygen atoms in total. The molecule has 0 bridgehead atoms. The van der Waals surface area contributed by atoms with Gasteiger partial charge in [-0.1, -0.05) is 24.9 Å². The Balaban J connectivity index is 2.47. The van der Waals surface area contributed by atoms with Crippen LogP contribution in [-0.2, 0) is 11.3 Å². The number of aliphatic hydroxyl groups excluding tert-OH is 1. The fourth-order valence-corrected chi connectivity index (χ4v) is 2.35. The maximum atomic E-state index is 10.8. The summed E-state index contributed by atoms with van der Waals surface area (Å²) in [6, 6.07) is 5.33. The number of fused-ring (bicyclic) bond motifs is 1. The van der Waals surface area contributed by atoms with Gasteiger partial charge < -0.3 is 14.8 Å². The molecule has 0 fully saturated rings. The van der Waals surface area contributed by atoms with Crippen LogP contribution in [0, 0.1) is 0 Å². The van der Waals surface area contributed by atoms with Crippen LogP contribution in [0.25, 0.3) is 11.0 Å². The van der Waals surface area contributed by atoms with Crippen molar-refractivity contribution in [1.29, 1.82) is 0 Å². The lowest BCUT2D eigenvalue weighted by molar-refractivity contribution is -0.139. The number of aryl methyl sites for hydroxylation is 1. The molecule has 2 rings (SSSR count). The Morgan fingerprint density at radius 3 is 2.90 bits per heavy atom. The van der Waals surface area contributed by atoms with Crippen molar-refractivity contribution in [2.24, 2.45) is 0 Å². The summed E-state index contributed by atoms with van der Waals surface area (Å²) in [5.74, 6) is -0.664. The summed E-state index contributed by atoms with van der Waals surface area (Å²) >= 11 is 5.94. The number of unbranched alkanes of at least 4 members (excludes halogenated alkanes) is 1. The number of carboxylic acids is 1. The van der Waals surface area contributed by atoms with Gasteiger partial charge in [0.25, 0.3) is 0 Å². The lowest BCUT2D eigenvalue weighted by atomic mass is 10.2. The normalized spacial score (nSPS) is 12.8. The number of carboxylic acid groups (broad SMARTS) is 1. The molecule has 0 saturated carbocycles. The standard InChI is InChI=1S/C14H17ClN2O3/c1-2-3-6-17-11-5-4-9(15)7-10(11)16-14(17)12(18)8-13(19)20/h4-5,7,12,18H,2-3,6,8H2,1H3,(H,19,20)/t12-/m0/s1. The Morgan fingerprint density at radius 1 is 1.50 bits per heavy atom. The first-order valence-corrected chi connectivity index (χ1v) is 6.96. The molecule has 1 aromatic heterocycles. The van der Waals surface area contributed by atoms with Crippen molar-refractivity contribution < 1.29 is 15.0 Å². The molecule has 1 atom stereocenters. The molecular weight excluding hydrogens is 280 g/mol. The van der Waals surface area contributed by atoms with Crippen molar-refractivity contribution in [2.45, 2.75) is 38.8 Å². The SMILES string of the molecule is CCCCn1c([C@@H](O)CC(=O)O)nc2cc(Cl)ccc21. The number of aromatic nitrogens is 2. The highest BCUT2D eigenvalue weighted by Gasteiger charge is 2.20. The number of rotatable bonds is 6. The van der Waals surface area contributed by atoms with Crippen LogP contribution in [0.4, 0.5) is 0 Å². The minimum absolute atomic E-state index is 0.358. The van der Waals surface area contributed by atoms with Gasteiger partial charge in [0.05, 0.1) is 17.5 Å². The van der Waals surface area contributed by atoms with Crippen molar-refractivity contribution in [3.05, 3.63) is 29.0 Å². The number of benzene rings is 1. The topological polar surface area (TPSA) is 75.4 Å². The van der Waals surface area contributed by atoms with Gasteiger partial charge in [-0.15, -0.1) is 0 Å². The van der Waals surface area contributed by atoms with E-state index in [4.69, 9.17) is 16.7 Å². The van der Waals surface area contributed by atoms with Crippen molar-refractivity contribution >= 4 is 28.6 Å². The van der Waals surface area contributed by atoms with Crippen LogP contribution in [0.1, 0.15) is 38.1 Å². The van der Waals surface area contributed by atoms with Crippen LogP contribution in [-0.4, -0.2) is 25.7 Å². The second-order valence-corrected chi connectivity index (χ2v) is 5.16. The minimum atomic E-state index is -1.12. The second-order valence-electron chi connectivity index (χ2n) is 4.72. The molecule has 0 amide bonds. The maximum absolute atomic E-state index is 10.8. The zero-order chi connectivity index (χ0) is 14.7. The smallest absolute Gasteiger partial charge is 0.306 e. The third kappa shape index (κ3) is 3.11. The van der Waals surface area contributed by atoms with Crippen molar-refractivity contribution in [3.63, 3.8) is 0 Å². The zero-order valence-corrected chi connectivity index (χ0v) is 12.0. The first-order chi connectivity index (χ1) is 9.52. The number of aliphatic carboxylic acids is 1. The quantitative estimate of drug-likeness (QED) is 0.859. The number of hydrogen-bond donors (Lipinski definition) is 2. The Hall–Kier alpha value is -1.59. The molecule has 6 heteroatoms. The lowest BCUT2D eigenvalue weighted by Gasteiger charge is -2.12. The third-order valence-corrected chi connectivity index (χ3v) is 3.38. The maximum Gasteiger partial charge on any atom is 0.306 e. The summed E-state index contributed by atoms with van der Waals surface area (Å²) in [6.45, 7) is 2.77. The van der Waals surface area contributed by atoms with E-state index in [1.807, 2.05) is 10.6 Å². The minimum Gasteiger partial charge on any atom is -0.481 e. The molecule has 2 N–H and O–H groups in total.